The number of carboxylic acids is 1. The maximum Gasteiger partial charge on any atom is 0.317 e. The second kappa shape index (κ2) is 8.12. The number of carboxylic acid groups (broad SMARTS) is 1. The van der Waals surface area contributed by atoms with Crippen LogP contribution < -0.4 is 5.32 Å². The molecule has 2 N–H and O–H groups in total. The third kappa shape index (κ3) is 5.80. The molecular weight excluding hydrogens is 256 g/mol. The van der Waals surface area contributed by atoms with Gasteiger partial charge in [0, 0.05) is 19.1 Å². The van der Waals surface area contributed by atoms with Gasteiger partial charge in [-0.15, -0.1) is 0 Å². The number of carbonyl (C=O) groups is 2. The fraction of sp³-hybridized carbons (Fsp3) is 0.867. The van der Waals surface area contributed by atoms with Crippen LogP contribution in [0.4, 0.5) is 4.79 Å². The predicted octanol–water partition coefficient (Wildman–Crippen LogP) is 2.95. The number of hydrogen-bond acceptors (Lipinski definition) is 2. The zero-order chi connectivity index (χ0) is 15.9. The van der Waals surface area contributed by atoms with Gasteiger partial charge in [0.1, 0.15) is 0 Å². The van der Waals surface area contributed by atoms with E-state index in [0.29, 0.717) is 12.5 Å². The largest absolute Gasteiger partial charge is 0.481 e. The van der Waals surface area contributed by atoms with Crippen LogP contribution in [0, 0.1) is 11.3 Å². The van der Waals surface area contributed by atoms with Crippen LogP contribution in [0.15, 0.2) is 0 Å². The van der Waals surface area contributed by atoms with Gasteiger partial charge in [-0.2, -0.15) is 0 Å². The zero-order valence-electron chi connectivity index (χ0n) is 13.7. The van der Waals surface area contributed by atoms with Crippen molar-refractivity contribution in [1.29, 1.82) is 0 Å². The molecule has 0 aromatic heterocycles. The lowest BCUT2D eigenvalue weighted by Gasteiger charge is -2.33. The van der Waals surface area contributed by atoms with Crippen LogP contribution >= 0.6 is 0 Å². The summed E-state index contributed by atoms with van der Waals surface area (Å²) in [6, 6.07) is 0.0343. The van der Waals surface area contributed by atoms with E-state index in [4.69, 9.17) is 5.11 Å². The SMILES string of the molecule is CCC(CC)N(CC(C)C)C(=O)NCC(C)(C)C(=O)O. The monoisotopic (exact) mass is 286 g/mol. The van der Waals surface area contributed by atoms with Crippen molar-refractivity contribution < 1.29 is 14.7 Å². The number of hydrogen-bond donors (Lipinski definition) is 2. The Kier molecular flexibility index (Phi) is 7.61. The average molecular weight is 286 g/mol. The lowest BCUT2D eigenvalue weighted by Crippen LogP contribution is -2.50. The quantitative estimate of drug-likeness (QED) is 0.720. The predicted molar refractivity (Wildman–Crippen MR) is 80.7 cm³/mol. The highest BCUT2D eigenvalue weighted by atomic mass is 16.4. The second-order valence-electron chi connectivity index (χ2n) is 6.36. The highest BCUT2D eigenvalue weighted by Gasteiger charge is 2.29. The number of carbonyl (C=O) groups excluding carboxylic acids is 1. The van der Waals surface area contributed by atoms with E-state index in [1.54, 1.807) is 13.8 Å². The topological polar surface area (TPSA) is 69.6 Å². The van der Waals surface area contributed by atoms with E-state index in [2.05, 4.69) is 33.0 Å². The molecule has 0 aliphatic carbocycles. The van der Waals surface area contributed by atoms with Gasteiger partial charge < -0.3 is 15.3 Å². The lowest BCUT2D eigenvalue weighted by atomic mass is 9.94. The third-order valence-corrected chi connectivity index (χ3v) is 3.47. The van der Waals surface area contributed by atoms with Crippen molar-refractivity contribution in [3.05, 3.63) is 0 Å². The van der Waals surface area contributed by atoms with Crippen LogP contribution in [0.2, 0.25) is 0 Å². The summed E-state index contributed by atoms with van der Waals surface area (Å²) in [5, 5.41) is 11.8. The maximum absolute atomic E-state index is 12.3. The molecule has 0 aromatic carbocycles. The molecule has 0 bridgehead atoms. The molecule has 0 rings (SSSR count). The molecule has 20 heavy (non-hydrogen) atoms. The molecule has 0 aliphatic heterocycles. The van der Waals surface area contributed by atoms with Gasteiger partial charge in [0.05, 0.1) is 5.41 Å². The van der Waals surface area contributed by atoms with Gasteiger partial charge in [0.2, 0.25) is 0 Å². The minimum absolute atomic E-state index is 0.135. The first-order chi connectivity index (χ1) is 9.15. The Morgan fingerprint density at radius 3 is 2.05 bits per heavy atom. The summed E-state index contributed by atoms with van der Waals surface area (Å²) in [5.41, 5.74) is -0.951. The van der Waals surface area contributed by atoms with Gasteiger partial charge in [-0.3, -0.25) is 4.79 Å². The highest BCUT2D eigenvalue weighted by Crippen LogP contribution is 2.15. The number of aliphatic carboxylic acids is 1. The van der Waals surface area contributed by atoms with E-state index in [1.807, 2.05) is 4.90 Å². The van der Waals surface area contributed by atoms with Crippen molar-refractivity contribution in [1.82, 2.24) is 10.2 Å². The van der Waals surface area contributed by atoms with E-state index in [1.165, 1.54) is 0 Å². The number of amides is 2. The summed E-state index contributed by atoms with van der Waals surface area (Å²) in [6.45, 7) is 12.3. The fourth-order valence-corrected chi connectivity index (χ4v) is 1.99. The summed E-state index contributed by atoms with van der Waals surface area (Å²) in [5.74, 6) is -0.524. The Morgan fingerprint density at radius 1 is 1.20 bits per heavy atom. The summed E-state index contributed by atoms with van der Waals surface area (Å²) in [6.07, 6.45) is 1.80. The minimum Gasteiger partial charge on any atom is -0.481 e. The van der Waals surface area contributed by atoms with Crippen LogP contribution in [0.25, 0.3) is 0 Å². The zero-order valence-corrected chi connectivity index (χ0v) is 13.7. The fourth-order valence-electron chi connectivity index (χ4n) is 1.99. The van der Waals surface area contributed by atoms with Gasteiger partial charge in [-0.25, -0.2) is 4.79 Å². The Balaban J connectivity index is 4.75. The molecule has 0 aromatic rings. The van der Waals surface area contributed by atoms with Crippen molar-refractivity contribution in [2.24, 2.45) is 11.3 Å². The molecular formula is C15H30N2O3. The second-order valence-corrected chi connectivity index (χ2v) is 6.36. The van der Waals surface area contributed by atoms with Gasteiger partial charge in [-0.05, 0) is 32.6 Å². The van der Waals surface area contributed by atoms with E-state index < -0.39 is 11.4 Å². The molecule has 0 fully saturated rings. The van der Waals surface area contributed by atoms with E-state index >= 15 is 0 Å². The summed E-state index contributed by atoms with van der Waals surface area (Å²) in [7, 11) is 0. The summed E-state index contributed by atoms with van der Waals surface area (Å²) in [4.78, 5) is 25.2. The Bertz CT molecular complexity index is 323. The Labute approximate surface area is 122 Å². The number of nitrogens with zero attached hydrogens (tertiary/aromatic N) is 1. The highest BCUT2D eigenvalue weighted by molar-refractivity contribution is 5.77. The number of rotatable bonds is 8. The third-order valence-electron chi connectivity index (χ3n) is 3.47. The molecule has 5 nitrogen and oxygen atoms in total. The van der Waals surface area contributed by atoms with Crippen LogP contribution in [0.5, 0.6) is 0 Å². The van der Waals surface area contributed by atoms with Crippen LogP contribution in [0.1, 0.15) is 54.4 Å². The van der Waals surface area contributed by atoms with Crippen molar-refractivity contribution in [3.63, 3.8) is 0 Å². The normalized spacial score (nSPS) is 11.8. The Hall–Kier alpha value is -1.26. The van der Waals surface area contributed by atoms with E-state index in [0.717, 1.165) is 12.8 Å². The Morgan fingerprint density at radius 2 is 1.70 bits per heavy atom. The van der Waals surface area contributed by atoms with E-state index in [9.17, 15) is 9.59 Å². The van der Waals surface area contributed by atoms with Crippen LogP contribution in [0.3, 0.4) is 0 Å². The van der Waals surface area contributed by atoms with Crippen molar-refractivity contribution in [2.75, 3.05) is 13.1 Å². The summed E-state index contributed by atoms with van der Waals surface area (Å²) < 4.78 is 0. The molecule has 0 spiro atoms. The van der Waals surface area contributed by atoms with Crippen LogP contribution in [-0.2, 0) is 4.79 Å². The molecule has 0 heterocycles. The maximum atomic E-state index is 12.3. The van der Waals surface area contributed by atoms with Gasteiger partial charge in [-0.1, -0.05) is 27.7 Å². The molecule has 0 saturated heterocycles. The smallest absolute Gasteiger partial charge is 0.317 e. The molecule has 2 amide bonds. The van der Waals surface area contributed by atoms with Crippen molar-refractivity contribution in [2.45, 2.75) is 60.4 Å². The van der Waals surface area contributed by atoms with Crippen molar-refractivity contribution >= 4 is 12.0 Å². The molecule has 0 unspecified atom stereocenters. The lowest BCUT2D eigenvalue weighted by molar-refractivity contribution is -0.146. The molecule has 0 radical (unpaired) electrons. The molecule has 118 valence electrons. The average Bonchev–Trinajstić information content (AvgIpc) is 2.35. The van der Waals surface area contributed by atoms with Gasteiger partial charge >= 0.3 is 12.0 Å². The first-order valence-corrected chi connectivity index (χ1v) is 7.43. The number of nitrogens with one attached hydrogen (secondary N) is 1. The first kappa shape index (κ1) is 18.7. The molecule has 0 atom stereocenters. The molecule has 0 saturated carbocycles. The standard InChI is InChI=1S/C15H30N2O3/c1-7-12(8-2)17(9-11(3)4)14(20)16-10-15(5,6)13(18)19/h11-12H,7-10H2,1-6H3,(H,16,20)(H,18,19). The molecule has 5 heteroatoms. The van der Waals surface area contributed by atoms with Gasteiger partial charge in [0.15, 0.2) is 0 Å². The number of urea groups is 1. The minimum atomic E-state index is -0.951. The molecule has 0 aliphatic rings. The van der Waals surface area contributed by atoms with Crippen molar-refractivity contribution in [3.8, 4) is 0 Å². The van der Waals surface area contributed by atoms with Crippen LogP contribution in [-0.4, -0.2) is 41.1 Å². The van der Waals surface area contributed by atoms with Gasteiger partial charge in [0.25, 0.3) is 0 Å². The van der Waals surface area contributed by atoms with E-state index in [-0.39, 0.29) is 18.6 Å². The summed E-state index contributed by atoms with van der Waals surface area (Å²) >= 11 is 0. The first-order valence-electron chi connectivity index (χ1n) is 7.43.